The van der Waals surface area contributed by atoms with Crippen molar-refractivity contribution in [2.75, 3.05) is 7.05 Å². The van der Waals surface area contributed by atoms with Crippen molar-refractivity contribution in [3.05, 3.63) is 36.7 Å². The van der Waals surface area contributed by atoms with Gasteiger partial charge in [0.1, 0.15) is 5.65 Å². The summed E-state index contributed by atoms with van der Waals surface area (Å²) in [7, 11) is 1.91. The second-order valence-corrected chi connectivity index (χ2v) is 4.73. The summed E-state index contributed by atoms with van der Waals surface area (Å²) >= 11 is 0. The van der Waals surface area contributed by atoms with E-state index in [-0.39, 0.29) is 0 Å². The van der Waals surface area contributed by atoms with Crippen LogP contribution in [-0.4, -0.2) is 16.6 Å². The molecule has 0 aliphatic heterocycles. The quantitative estimate of drug-likeness (QED) is 0.905. The van der Waals surface area contributed by atoms with Gasteiger partial charge in [-0.3, -0.25) is 0 Å². The molecule has 3 heteroatoms. The van der Waals surface area contributed by atoms with Gasteiger partial charge in [0.2, 0.25) is 0 Å². The SMILES string of the molecule is C=C(NC)c1cc2cccnc2n1CC1CC1.CC. The minimum Gasteiger partial charge on any atom is -0.387 e. The molecule has 2 heterocycles. The largest absolute Gasteiger partial charge is 0.387 e. The van der Waals surface area contributed by atoms with E-state index in [2.05, 4.69) is 33.6 Å². The Balaban J connectivity index is 0.000000637. The molecule has 0 bridgehead atoms. The van der Waals surface area contributed by atoms with Crippen molar-refractivity contribution in [3.63, 3.8) is 0 Å². The molecule has 1 aliphatic rings. The Labute approximate surface area is 115 Å². The molecule has 0 saturated heterocycles. The maximum atomic E-state index is 4.49. The number of aromatic nitrogens is 2. The summed E-state index contributed by atoms with van der Waals surface area (Å²) < 4.78 is 2.30. The monoisotopic (exact) mass is 257 g/mol. The van der Waals surface area contributed by atoms with Crippen molar-refractivity contribution in [3.8, 4) is 0 Å². The lowest BCUT2D eigenvalue weighted by Crippen LogP contribution is -2.10. The third-order valence-electron chi connectivity index (χ3n) is 3.40. The fourth-order valence-corrected chi connectivity index (χ4v) is 2.21. The lowest BCUT2D eigenvalue weighted by molar-refractivity contribution is 0.635. The zero-order chi connectivity index (χ0) is 13.8. The minimum atomic E-state index is 0.830. The third-order valence-corrected chi connectivity index (χ3v) is 3.40. The molecular weight excluding hydrogens is 234 g/mol. The molecular formula is C16H23N3. The molecule has 0 unspecified atom stereocenters. The number of hydrogen-bond acceptors (Lipinski definition) is 2. The number of rotatable bonds is 4. The topological polar surface area (TPSA) is 29.9 Å². The highest BCUT2D eigenvalue weighted by atomic mass is 15.1. The van der Waals surface area contributed by atoms with Gasteiger partial charge in [-0.25, -0.2) is 4.98 Å². The Kier molecular flexibility index (Phi) is 4.25. The van der Waals surface area contributed by atoms with Gasteiger partial charge >= 0.3 is 0 Å². The van der Waals surface area contributed by atoms with Crippen molar-refractivity contribution in [1.82, 2.24) is 14.9 Å². The van der Waals surface area contributed by atoms with Crippen LogP contribution in [0.3, 0.4) is 0 Å². The molecule has 0 aromatic carbocycles. The van der Waals surface area contributed by atoms with Crippen molar-refractivity contribution in [1.29, 1.82) is 0 Å². The van der Waals surface area contributed by atoms with E-state index in [0.29, 0.717) is 0 Å². The third kappa shape index (κ3) is 2.80. The van der Waals surface area contributed by atoms with Crippen molar-refractivity contribution in [2.24, 2.45) is 5.92 Å². The van der Waals surface area contributed by atoms with Gasteiger partial charge in [0, 0.05) is 25.2 Å². The van der Waals surface area contributed by atoms with Crippen LogP contribution in [0, 0.1) is 5.92 Å². The van der Waals surface area contributed by atoms with Crippen LogP contribution in [0.2, 0.25) is 0 Å². The van der Waals surface area contributed by atoms with Gasteiger partial charge < -0.3 is 9.88 Å². The standard InChI is InChI=1S/C14H17N3.C2H6/c1-10(15-2)13-8-12-4-3-7-16-14(12)17(13)9-11-5-6-11;1-2/h3-4,7-8,11,15H,1,5-6,9H2,2H3;1-2H3. The van der Waals surface area contributed by atoms with Gasteiger partial charge in [0.15, 0.2) is 0 Å². The van der Waals surface area contributed by atoms with Gasteiger partial charge in [-0.05, 0) is 37.0 Å². The summed E-state index contributed by atoms with van der Waals surface area (Å²) in [6.07, 6.45) is 4.55. The smallest absolute Gasteiger partial charge is 0.140 e. The maximum absolute atomic E-state index is 4.49. The van der Waals surface area contributed by atoms with Crippen LogP contribution in [0.1, 0.15) is 32.4 Å². The molecule has 0 amide bonds. The molecule has 2 aromatic heterocycles. The molecule has 1 aliphatic carbocycles. The van der Waals surface area contributed by atoms with E-state index >= 15 is 0 Å². The average molecular weight is 257 g/mol. The Morgan fingerprint density at radius 3 is 2.84 bits per heavy atom. The Morgan fingerprint density at radius 1 is 1.47 bits per heavy atom. The van der Waals surface area contributed by atoms with Gasteiger partial charge in [0.05, 0.1) is 11.4 Å². The molecule has 0 radical (unpaired) electrons. The zero-order valence-electron chi connectivity index (χ0n) is 12.1. The maximum Gasteiger partial charge on any atom is 0.140 e. The molecule has 0 spiro atoms. The number of nitrogens with zero attached hydrogens (tertiary/aromatic N) is 2. The number of fused-ring (bicyclic) bond motifs is 1. The normalized spacial score (nSPS) is 13.8. The fourth-order valence-electron chi connectivity index (χ4n) is 2.21. The number of pyridine rings is 1. The Bertz CT molecular complexity index is 564. The molecule has 2 aromatic rings. The minimum absolute atomic E-state index is 0.830. The van der Waals surface area contributed by atoms with E-state index in [1.54, 1.807) is 0 Å². The summed E-state index contributed by atoms with van der Waals surface area (Å²) in [5.74, 6) is 0.830. The van der Waals surface area contributed by atoms with Crippen LogP contribution in [-0.2, 0) is 6.54 Å². The summed E-state index contributed by atoms with van der Waals surface area (Å²) in [6, 6.07) is 6.26. The molecule has 1 N–H and O–H groups in total. The highest BCUT2D eigenvalue weighted by Gasteiger charge is 2.24. The average Bonchev–Trinajstić information content (AvgIpc) is 3.21. The van der Waals surface area contributed by atoms with E-state index in [9.17, 15) is 0 Å². The lowest BCUT2D eigenvalue weighted by atomic mass is 10.3. The molecule has 1 saturated carbocycles. The number of hydrogen-bond donors (Lipinski definition) is 1. The van der Waals surface area contributed by atoms with Crippen LogP contribution in [0.4, 0.5) is 0 Å². The van der Waals surface area contributed by atoms with Crippen LogP contribution >= 0.6 is 0 Å². The molecule has 3 rings (SSSR count). The van der Waals surface area contributed by atoms with Crippen molar-refractivity contribution >= 4 is 16.7 Å². The molecule has 1 fully saturated rings. The van der Waals surface area contributed by atoms with E-state index in [1.807, 2.05) is 33.2 Å². The summed E-state index contributed by atoms with van der Waals surface area (Å²) in [5, 5.41) is 4.33. The Morgan fingerprint density at radius 2 is 2.21 bits per heavy atom. The first-order valence-electron chi connectivity index (χ1n) is 7.11. The van der Waals surface area contributed by atoms with Crippen LogP contribution in [0.25, 0.3) is 16.7 Å². The van der Waals surface area contributed by atoms with Gasteiger partial charge in [-0.15, -0.1) is 0 Å². The second-order valence-electron chi connectivity index (χ2n) is 4.73. The van der Waals surface area contributed by atoms with Crippen molar-refractivity contribution < 1.29 is 0 Å². The number of nitrogens with one attached hydrogen (secondary N) is 1. The predicted octanol–water partition coefficient (Wildman–Crippen LogP) is 3.66. The van der Waals surface area contributed by atoms with E-state index < -0.39 is 0 Å². The Hall–Kier alpha value is -1.77. The predicted molar refractivity (Wildman–Crippen MR) is 81.9 cm³/mol. The molecule has 0 atom stereocenters. The molecule has 102 valence electrons. The van der Waals surface area contributed by atoms with Gasteiger partial charge in [0.25, 0.3) is 0 Å². The van der Waals surface area contributed by atoms with E-state index in [4.69, 9.17) is 0 Å². The summed E-state index contributed by atoms with van der Waals surface area (Å²) in [4.78, 5) is 4.49. The highest BCUT2D eigenvalue weighted by molar-refractivity contribution is 5.82. The first kappa shape index (κ1) is 13.7. The van der Waals surface area contributed by atoms with E-state index in [0.717, 1.165) is 29.5 Å². The zero-order valence-corrected chi connectivity index (χ0v) is 12.1. The van der Waals surface area contributed by atoms with Gasteiger partial charge in [-0.1, -0.05) is 20.4 Å². The van der Waals surface area contributed by atoms with Gasteiger partial charge in [-0.2, -0.15) is 0 Å². The van der Waals surface area contributed by atoms with Crippen LogP contribution < -0.4 is 5.32 Å². The van der Waals surface area contributed by atoms with E-state index in [1.165, 1.54) is 18.2 Å². The van der Waals surface area contributed by atoms with Crippen LogP contribution in [0.5, 0.6) is 0 Å². The molecule has 3 nitrogen and oxygen atoms in total. The lowest BCUT2D eigenvalue weighted by Gasteiger charge is -2.11. The first-order valence-corrected chi connectivity index (χ1v) is 7.11. The van der Waals surface area contributed by atoms with Crippen LogP contribution in [0.15, 0.2) is 31.0 Å². The fraction of sp³-hybridized carbons (Fsp3) is 0.438. The summed E-state index contributed by atoms with van der Waals surface area (Å²) in [5.41, 5.74) is 3.20. The molecule has 19 heavy (non-hydrogen) atoms. The summed E-state index contributed by atoms with van der Waals surface area (Å²) in [6.45, 7) is 9.13. The van der Waals surface area contributed by atoms with Crippen molar-refractivity contribution in [2.45, 2.75) is 33.2 Å². The first-order chi connectivity index (χ1) is 9.29. The second kappa shape index (κ2) is 5.91. The highest BCUT2D eigenvalue weighted by Crippen LogP contribution is 2.33.